The van der Waals surface area contributed by atoms with E-state index in [1.165, 1.54) is 6.20 Å². The topological polar surface area (TPSA) is 54.0 Å². The summed E-state index contributed by atoms with van der Waals surface area (Å²) in [6, 6.07) is 15.3. The highest BCUT2D eigenvalue weighted by molar-refractivity contribution is 6.01. The lowest BCUT2D eigenvalue weighted by molar-refractivity contribution is -0.575. The molecule has 4 aromatic rings. The molecule has 0 fully saturated rings. The second-order valence-corrected chi connectivity index (χ2v) is 5.43. The SMILES string of the molecule is COc1ccc(-c2nc3c[n+]([O-])c4ccccc4c3n2C)cc1. The van der Waals surface area contributed by atoms with Crippen molar-refractivity contribution in [2.75, 3.05) is 7.11 Å². The highest BCUT2D eigenvalue weighted by Gasteiger charge is 2.17. The van der Waals surface area contributed by atoms with Gasteiger partial charge in [-0.05, 0) is 30.3 Å². The maximum Gasteiger partial charge on any atom is 0.226 e. The number of para-hydroxylation sites is 1. The number of benzene rings is 2. The number of aromatic nitrogens is 3. The maximum atomic E-state index is 12.2. The van der Waals surface area contributed by atoms with Crippen LogP contribution in [-0.4, -0.2) is 16.7 Å². The van der Waals surface area contributed by atoms with Crippen LogP contribution >= 0.6 is 0 Å². The van der Waals surface area contributed by atoms with E-state index < -0.39 is 0 Å². The van der Waals surface area contributed by atoms with Crippen molar-refractivity contribution >= 4 is 21.9 Å². The van der Waals surface area contributed by atoms with Crippen LogP contribution < -0.4 is 9.47 Å². The molecular formula is C18H15N3O2. The highest BCUT2D eigenvalue weighted by atomic mass is 16.5. The Morgan fingerprint density at radius 3 is 2.57 bits per heavy atom. The molecule has 0 aliphatic heterocycles. The molecule has 0 aliphatic carbocycles. The standard InChI is InChI=1S/C18H15N3O2/c1-20-17-14-5-3-4-6-16(14)21(22)11-15(17)19-18(20)12-7-9-13(23-2)10-8-12/h3-11H,1-2H3. The van der Waals surface area contributed by atoms with E-state index in [0.29, 0.717) is 11.0 Å². The molecule has 0 saturated heterocycles. The van der Waals surface area contributed by atoms with E-state index in [9.17, 15) is 5.21 Å². The summed E-state index contributed by atoms with van der Waals surface area (Å²) in [5.41, 5.74) is 3.26. The quantitative estimate of drug-likeness (QED) is 0.422. The first-order valence-electron chi connectivity index (χ1n) is 7.31. The molecule has 0 atom stereocenters. The Morgan fingerprint density at radius 1 is 1.09 bits per heavy atom. The largest absolute Gasteiger partial charge is 0.618 e. The number of rotatable bonds is 2. The minimum atomic E-state index is 0.643. The molecule has 4 rings (SSSR count). The van der Waals surface area contributed by atoms with E-state index >= 15 is 0 Å². The van der Waals surface area contributed by atoms with Crippen molar-refractivity contribution in [3.63, 3.8) is 0 Å². The van der Waals surface area contributed by atoms with Crippen molar-refractivity contribution in [3.8, 4) is 17.1 Å². The highest BCUT2D eigenvalue weighted by Crippen LogP contribution is 2.28. The third kappa shape index (κ3) is 2.01. The monoisotopic (exact) mass is 305 g/mol. The van der Waals surface area contributed by atoms with E-state index in [-0.39, 0.29) is 0 Å². The van der Waals surface area contributed by atoms with E-state index in [0.717, 1.165) is 32.8 Å². The van der Waals surface area contributed by atoms with E-state index in [1.54, 1.807) is 7.11 Å². The van der Waals surface area contributed by atoms with Crippen LogP contribution in [0.15, 0.2) is 54.7 Å². The molecule has 5 heteroatoms. The zero-order valence-corrected chi connectivity index (χ0v) is 12.9. The second-order valence-electron chi connectivity index (χ2n) is 5.43. The Bertz CT molecular complexity index is 1020. The van der Waals surface area contributed by atoms with Gasteiger partial charge in [0.2, 0.25) is 11.7 Å². The molecule has 5 nitrogen and oxygen atoms in total. The molecule has 0 N–H and O–H groups in total. The third-order valence-electron chi connectivity index (χ3n) is 4.11. The molecular weight excluding hydrogens is 290 g/mol. The lowest BCUT2D eigenvalue weighted by atomic mass is 10.2. The molecule has 0 amide bonds. The van der Waals surface area contributed by atoms with Gasteiger partial charge >= 0.3 is 0 Å². The number of hydrogen-bond acceptors (Lipinski definition) is 3. The first kappa shape index (κ1) is 13.6. The summed E-state index contributed by atoms with van der Waals surface area (Å²) in [6.07, 6.45) is 1.53. The van der Waals surface area contributed by atoms with Gasteiger partial charge in [0.05, 0.1) is 18.0 Å². The van der Waals surface area contributed by atoms with E-state index in [4.69, 9.17) is 4.74 Å². The van der Waals surface area contributed by atoms with E-state index in [1.807, 2.05) is 60.1 Å². The third-order valence-corrected chi connectivity index (χ3v) is 4.11. The van der Waals surface area contributed by atoms with Crippen molar-refractivity contribution < 1.29 is 9.47 Å². The number of imidazole rings is 1. The molecule has 2 aromatic carbocycles. The minimum absolute atomic E-state index is 0.643. The number of ether oxygens (including phenoxy) is 1. The van der Waals surface area contributed by atoms with Gasteiger partial charge < -0.3 is 14.5 Å². The van der Waals surface area contributed by atoms with Crippen molar-refractivity contribution in [3.05, 3.63) is 59.9 Å². The lowest BCUT2D eigenvalue weighted by Crippen LogP contribution is -2.26. The fourth-order valence-electron chi connectivity index (χ4n) is 2.97. The Hall–Kier alpha value is -3.08. The van der Waals surface area contributed by atoms with Gasteiger partial charge in [0, 0.05) is 18.7 Å². The summed E-state index contributed by atoms with van der Waals surface area (Å²) in [5, 5.41) is 13.1. The van der Waals surface area contributed by atoms with Crippen LogP contribution in [-0.2, 0) is 7.05 Å². The number of nitrogens with zero attached hydrogens (tertiary/aromatic N) is 3. The fourth-order valence-corrected chi connectivity index (χ4v) is 2.97. The van der Waals surface area contributed by atoms with Crippen LogP contribution in [0.3, 0.4) is 0 Å². The van der Waals surface area contributed by atoms with E-state index in [2.05, 4.69) is 4.98 Å². The Kier molecular flexibility index (Phi) is 2.94. The first-order valence-corrected chi connectivity index (χ1v) is 7.31. The average molecular weight is 305 g/mol. The van der Waals surface area contributed by atoms with Gasteiger partial charge in [-0.25, -0.2) is 4.98 Å². The Labute approximate surface area is 133 Å². The first-order chi connectivity index (χ1) is 11.2. The summed E-state index contributed by atoms with van der Waals surface area (Å²) >= 11 is 0. The second kappa shape index (κ2) is 4.98. The molecule has 2 heterocycles. The predicted molar refractivity (Wildman–Crippen MR) is 89.2 cm³/mol. The summed E-state index contributed by atoms with van der Waals surface area (Å²) < 4.78 is 8.10. The van der Waals surface area contributed by atoms with Gasteiger partial charge in [-0.2, -0.15) is 4.73 Å². The summed E-state index contributed by atoms with van der Waals surface area (Å²) in [4.78, 5) is 4.65. The van der Waals surface area contributed by atoms with Crippen LogP contribution in [0, 0.1) is 5.21 Å². The molecule has 0 unspecified atom stereocenters. The zero-order valence-electron chi connectivity index (χ0n) is 12.9. The minimum Gasteiger partial charge on any atom is -0.618 e. The maximum absolute atomic E-state index is 12.2. The molecule has 23 heavy (non-hydrogen) atoms. The molecule has 2 aromatic heterocycles. The van der Waals surface area contributed by atoms with Crippen molar-refractivity contribution in [2.45, 2.75) is 0 Å². The van der Waals surface area contributed by atoms with Crippen molar-refractivity contribution in [1.29, 1.82) is 0 Å². The van der Waals surface area contributed by atoms with Crippen LogP contribution in [0.5, 0.6) is 5.75 Å². The lowest BCUT2D eigenvalue weighted by Gasteiger charge is -2.05. The number of aryl methyl sites for hydroxylation is 1. The number of fused-ring (bicyclic) bond motifs is 3. The summed E-state index contributed by atoms with van der Waals surface area (Å²) in [5.74, 6) is 1.62. The molecule has 0 spiro atoms. The summed E-state index contributed by atoms with van der Waals surface area (Å²) in [7, 11) is 3.61. The predicted octanol–water partition coefficient (Wildman–Crippen LogP) is 3.04. The van der Waals surface area contributed by atoms with Crippen molar-refractivity contribution in [2.24, 2.45) is 7.05 Å². The van der Waals surface area contributed by atoms with Crippen LogP contribution in [0.1, 0.15) is 0 Å². The number of methoxy groups -OCH3 is 1. The molecule has 0 saturated carbocycles. The number of hydrogen-bond donors (Lipinski definition) is 0. The molecule has 0 radical (unpaired) electrons. The van der Waals surface area contributed by atoms with Gasteiger partial charge in [-0.15, -0.1) is 0 Å². The molecule has 0 bridgehead atoms. The van der Waals surface area contributed by atoms with Crippen LogP contribution in [0.4, 0.5) is 0 Å². The zero-order chi connectivity index (χ0) is 16.0. The Balaban J connectivity index is 2.02. The van der Waals surface area contributed by atoms with Gasteiger partial charge in [0.15, 0.2) is 5.52 Å². The molecule has 114 valence electrons. The number of pyridine rings is 1. The van der Waals surface area contributed by atoms with Crippen LogP contribution in [0.25, 0.3) is 33.3 Å². The Morgan fingerprint density at radius 2 is 1.83 bits per heavy atom. The van der Waals surface area contributed by atoms with Gasteiger partial charge in [0.25, 0.3) is 0 Å². The normalized spacial score (nSPS) is 11.2. The summed E-state index contributed by atoms with van der Waals surface area (Å²) in [6.45, 7) is 0. The fraction of sp³-hybridized carbons (Fsp3) is 0.111. The average Bonchev–Trinajstić information content (AvgIpc) is 2.92. The smallest absolute Gasteiger partial charge is 0.226 e. The van der Waals surface area contributed by atoms with Crippen LogP contribution in [0.2, 0.25) is 0 Å². The van der Waals surface area contributed by atoms with Gasteiger partial charge in [0.1, 0.15) is 11.6 Å². The van der Waals surface area contributed by atoms with Crippen molar-refractivity contribution in [1.82, 2.24) is 9.55 Å². The van der Waals surface area contributed by atoms with Gasteiger partial charge in [-0.1, -0.05) is 12.1 Å². The molecule has 0 aliphatic rings. The van der Waals surface area contributed by atoms with Gasteiger partial charge in [-0.3, -0.25) is 0 Å².